The van der Waals surface area contributed by atoms with E-state index in [1.165, 1.54) is 36.4 Å². The molecule has 1 N–H and O–H groups in total. The minimum atomic E-state index is -4.71. The summed E-state index contributed by atoms with van der Waals surface area (Å²) in [7, 11) is 0. The van der Waals surface area contributed by atoms with Crippen LogP contribution in [0.25, 0.3) is 5.76 Å². The van der Waals surface area contributed by atoms with Crippen LogP contribution < -0.4 is 9.64 Å². The maximum atomic E-state index is 14.9. The van der Waals surface area contributed by atoms with Crippen LogP contribution >= 0.6 is 0 Å². The summed E-state index contributed by atoms with van der Waals surface area (Å²) in [4.78, 5) is 27.1. The third-order valence-corrected chi connectivity index (χ3v) is 5.84. The van der Waals surface area contributed by atoms with Gasteiger partial charge in [0.05, 0.1) is 23.8 Å². The molecule has 0 saturated carbocycles. The van der Waals surface area contributed by atoms with Crippen LogP contribution in [0, 0.1) is 12.7 Å². The zero-order valence-corrected chi connectivity index (χ0v) is 19.3. The highest BCUT2D eigenvalue weighted by Crippen LogP contribution is 2.44. The number of hydrogen-bond acceptors (Lipinski definition) is 4. The fourth-order valence-electron chi connectivity index (χ4n) is 4.19. The molecule has 3 aromatic rings. The molecule has 0 radical (unpaired) electrons. The Kier molecular flexibility index (Phi) is 6.58. The Bertz CT molecular complexity index is 1380. The molecule has 1 amide bonds. The van der Waals surface area contributed by atoms with Crippen molar-refractivity contribution in [2.24, 2.45) is 0 Å². The lowest BCUT2D eigenvalue weighted by molar-refractivity contribution is -0.137. The van der Waals surface area contributed by atoms with Crippen LogP contribution in [0.5, 0.6) is 5.75 Å². The molecule has 36 heavy (non-hydrogen) atoms. The highest BCUT2D eigenvalue weighted by molar-refractivity contribution is 6.51. The number of halogens is 4. The average molecular weight is 499 g/mol. The second kappa shape index (κ2) is 9.49. The smallest absolute Gasteiger partial charge is 0.416 e. The number of anilines is 1. The van der Waals surface area contributed by atoms with Gasteiger partial charge in [0.2, 0.25) is 0 Å². The van der Waals surface area contributed by atoms with E-state index in [1.54, 1.807) is 19.9 Å². The Morgan fingerprint density at radius 1 is 1.03 bits per heavy atom. The van der Waals surface area contributed by atoms with Crippen LogP contribution in [-0.4, -0.2) is 23.4 Å². The molecule has 186 valence electrons. The fraction of sp³-hybridized carbons (Fsp3) is 0.185. The maximum absolute atomic E-state index is 14.9. The van der Waals surface area contributed by atoms with E-state index in [2.05, 4.69) is 0 Å². The standard InChI is InChI=1S/C27H21F4NO4/c1-3-36-21-12-11-16(13-15(21)2)24(33)22-23(19-9-4-5-10-20(19)28)32(26(35)25(22)34)18-8-6-7-17(14-18)27(29,30)31/h4-14,23,33H,3H2,1-2H3/b24-22+. The van der Waals surface area contributed by atoms with Crippen LogP contribution in [0.15, 0.2) is 72.3 Å². The first-order valence-electron chi connectivity index (χ1n) is 11.0. The molecule has 5 nitrogen and oxygen atoms in total. The number of amides is 1. The number of carbonyl (C=O) groups excluding carboxylic acids is 2. The van der Waals surface area contributed by atoms with Crippen molar-refractivity contribution in [3.8, 4) is 5.75 Å². The number of aliphatic hydroxyl groups excluding tert-OH is 1. The summed E-state index contributed by atoms with van der Waals surface area (Å²) in [6.45, 7) is 3.93. The number of ketones is 1. The normalized spacial score (nSPS) is 17.5. The van der Waals surface area contributed by atoms with Crippen molar-refractivity contribution in [3.05, 3.63) is 100 Å². The zero-order valence-electron chi connectivity index (χ0n) is 19.3. The average Bonchev–Trinajstić information content (AvgIpc) is 3.10. The van der Waals surface area contributed by atoms with Gasteiger partial charge in [-0.1, -0.05) is 24.3 Å². The minimum absolute atomic E-state index is 0.154. The van der Waals surface area contributed by atoms with Gasteiger partial charge in [-0.15, -0.1) is 0 Å². The van der Waals surface area contributed by atoms with Gasteiger partial charge in [-0.2, -0.15) is 13.2 Å². The first kappa shape index (κ1) is 25.0. The van der Waals surface area contributed by atoms with E-state index in [0.29, 0.717) is 24.0 Å². The summed E-state index contributed by atoms with van der Waals surface area (Å²) in [6, 6.07) is 12.2. The van der Waals surface area contributed by atoms with Gasteiger partial charge in [-0.3, -0.25) is 14.5 Å². The molecule has 1 atom stereocenters. The molecule has 1 aliphatic heterocycles. The topological polar surface area (TPSA) is 66.8 Å². The van der Waals surface area contributed by atoms with Crippen molar-refractivity contribution >= 4 is 23.1 Å². The summed E-state index contributed by atoms with van der Waals surface area (Å²) < 4.78 is 60.6. The number of aryl methyl sites for hydroxylation is 1. The van der Waals surface area contributed by atoms with Gasteiger partial charge in [0, 0.05) is 16.8 Å². The Morgan fingerprint density at radius 2 is 1.75 bits per heavy atom. The number of carbonyl (C=O) groups is 2. The van der Waals surface area contributed by atoms with E-state index in [9.17, 15) is 32.3 Å². The lowest BCUT2D eigenvalue weighted by Gasteiger charge is -2.26. The summed E-state index contributed by atoms with van der Waals surface area (Å²) in [5, 5.41) is 11.2. The third kappa shape index (κ3) is 4.44. The molecule has 1 fully saturated rings. The highest BCUT2D eigenvalue weighted by Gasteiger charge is 2.48. The number of nitrogens with zero attached hydrogens (tertiary/aromatic N) is 1. The van der Waals surface area contributed by atoms with Gasteiger partial charge in [0.15, 0.2) is 0 Å². The van der Waals surface area contributed by atoms with Gasteiger partial charge < -0.3 is 9.84 Å². The van der Waals surface area contributed by atoms with Crippen LogP contribution in [0.3, 0.4) is 0 Å². The largest absolute Gasteiger partial charge is 0.507 e. The van der Waals surface area contributed by atoms with Crippen LogP contribution in [0.1, 0.15) is 35.2 Å². The number of benzene rings is 3. The Morgan fingerprint density at radius 3 is 2.39 bits per heavy atom. The van der Waals surface area contributed by atoms with E-state index in [1.807, 2.05) is 0 Å². The molecule has 1 heterocycles. The van der Waals surface area contributed by atoms with Gasteiger partial charge in [0.1, 0.15) is 17.3 Å². The predicted octanol–water partition coefficient (Wildman–Crippen LogP) is 6.18. The SMILES string of the molecule is CCOc1ccc(/C(O)=C2\C(=O)C(=O)N(c3cccc(C(F)(F)F)c3)C2c2ccccc2F)cc1C. The first-order valence-corrected chi connectivity index (χ1v) is 11.0. The molecular formula is C27H21F4NO4. The summed E-state index contributed by atoms with van der Waals surface area (Å²) in [6.07, 6.45) is -4.71. The molecule has 1 unspecified atom stereocenters. The summed E-state index contributed by atoms with van der Waals surface area (Å²) in [5.41, 5.74) is -1.10. The van der Waals surface area contributed by atoms with Crippen molar-refractivity contribution in [3.63, 3.8) is 0 Å². The number of ether oxygens (including phenoxy) is 1. The molecular weight excluding hydrogens is 478 g/mol. The van der Waals surface area contributed by atoms with E-state index < -0.39 is 46.6 Å². The van der Waals surface area contributed by atoms with Crippen molar-refractivity contribution < 1.29 is 37.0 Å². The van der Waals surface area contributed by atoms with Crippen LogP contribution in [-0.2, 0) is 15.8 Å². The second-order valence-electron chi connectivity index (χ2n) is 8.15. The van der Waals surface area contributed by atoms with Gasteiger partial charge in [-0.25, -0.2) is 4.39 Å². The third-order valence-electron chi connectivity index (χ3n) is 5.84. The Hall–Kier alpha value is -4.14. The summed E-state index contributed by atoms with van der Waals surface area (Å²) in [5.74, 6) is -3.17. The zero-order chi connectivity index (χ0) is 26.2. The van der Waals surface area contributed by atoms with Crippen LogP contribution in [0.4, 0.5) is 23.2 Å². The van der Waals surface area contributed by atoms with E-state index in [4.69, 9.17) is 4.74 Å². The molecule has 0 aliphatic carbocycles. The lowest BCUT2D eigenvalue weighted by atomic mass is 9.94. The molecule has 3 aromatic carbocycles. The number of aliphatic hydroxyl groups is 1. The molecule has 4 rings (SSSR count). The van der Waals surface area contributed by atoms with Crippen molar-refractivity contribution in [2.75, 3.05) is 11.5 Å². The van der Waals surface area contributed by atoms with Crippen molar-refractivity contribution in [2.45, 2.75) is 26.1 Å². The van der Waals surface area contributed by atoms with Crippen molar-refractivity contribution in [1.82, 2.24) is 0 Å². The van der Waals surface area contributed by atoms with E-state index in [0.717, 1.165) is 23.1 Å². The van der Waals surface area contributed by atoms with E-state index in [-0.39, 0.29) is 16.8 Å². The quantitative estimate of drug-likeness (QED) is 0.197. The number of rotatable bonds is 5. The number of Topliss-reactive ketones (excluding diaryl/α,β-unsaturated/α-hetero) is 1. The van der Waals surface area contributed by atoms with E-state index >= 15 is 0 Å². The Labute approximate surface area is 204 Å². The molecule has 1 aliphatic rings. The molecule has 0 bridgehead atoms. The molecule has 1 saturated heterocycles. The van der Waals surface area contributed by atoms with Gasteiger partial charge >= 0.3 is 6.18 Å². The monoisotopic (exact) mass is 499 g/mol. The molecule has 9 heteroatoms. The number of hydrogen-bond donors (Lipinski definition) is 1. The second-order valence-corrected chi connectivity index (χ2v) is 8.15. The van der Waals surface area contributed by atoms with Gasteiger partial charge in [-0.05, 0) is 61.9 Å². The maximum Gasteiger partial charge on any atom is 0.416 e. The minimum Gasteiger partial charge on any atom is -0.507 e. The molecule has 0 spiro atoms. The molecule has 0 aromatic heterocycles. The highest BCUT2D eigenvalue weighted by atomic mass is 19.4. The van der Waals surface area contributed by atoms with Gasteiger partial charge in [0.25, 0.3) is 11.7 Å². The first-order chi connectivity index (χ1) is 17.0. The lowest BCUT2D eigenvalue weighted by Crippen LogP contribution is -2.30. The summed E-state index contributed by atoms with van der Waals surface area (Å²) >= 11 is 0. The number of alkyl halides is 3. The van der Waals surface area contributed by atoms with Crippen molar-refractivity contribution in [1.29, 1.82) is 0 Å². The van der Waals surface area contributed by atoms with Crippen LogP contribution in [0.2, 0.25) is 0 Å². The Balaban J connectivity index is 1.94. The fourth-order valence-corrected chi connectivity index (χ4v) is 4.19. The predicted molar refractivity (Wildman–Crippen MR) is 125 cm³/mol.